The van der Waals surface area contributed by atoms with E-state index in [9.17, 15) is 18.0 Å². The summed E-state index contributed by atoms with van der Waals surface area (Å²) < 4.78 is 47.9. The molecular formula is C22H19F3N4O2. The SMILES string of the molecule is Cn1nc2c(c1-c1cc(F)c(F)c(F)c1)CCN(C(=O)c1ccnc3c1CCOC3)C2. The van der Waals surface area contributed by atoms with Gasteiger partial charge in [0.15, 0.2) is 17.5 Å². The molecule has 5 rings (SSSR count). The first kappa shape index (κ1) is 19.7. The van der Waals surface area contributed by atoms with Gasteiger partial charge in [0.25, 0.3) is 5.91 Å². The third-order valence-corrected chi connectivity index (χ3v) is 5.86. The third kappa shape index (κ3) is 3.29. The number of amides is 1. The number of hydrogen-bond acceptors (Lipinski definition) is 4. The predicted molar refractivity (Wildman–Crippen MR) is 105 cm³/mol. The standard InChI is InChI=1S/C22H19F3N4O2/c1-28-21(12-8-16(23)20(25)17(24)9-12)15-3-6-29(10-18(15)27-28)22(30)14-2-5-26-19-11-31-7-4-13(14)19/h2,5,8-9H,3-4,6-7,10-11H2,1H3. The summed E-state index contributed by atoms with van der Waals surface area (Å²) in [5.74, 6) is -4.09. The normalized spacial score (nSPS) is 15.5. The molecule has 0 aliphatic carbocycles. The van der Waals surface area contributed by atoms with Crippen LogP contribution < -0.4 is 0 Å². The van der Waals surface area contributed by atoms with Gasteiger partial charge in [-0.1, -0.05) is 0 Å². The second-order valence-electron chi connectivity index (χ2n) is 7.71. The number of carbonyl (C=O) groups is 1. The molecule has 6 nitrogen and oxygen atoms in total. The Hall–Kier alpha value is -3.20. The molecule has 0 bridgehead atoms. The summed E-state index contributed by atoms with van der Waals surface area (Å²) in [6.07, 6.45) is 2.73. The number of aromatic nitrogens is 3. The molecule has 4 heterocycles. The summed E-state index contributed by atoms with van der Waals surface area (Å²) in [5, 5.41) is 4.47. The zero-order valence-electron chi connectivity index (χ0n) is 16.8. The molecule has 0 saturated heterocycles. The fourth-order valence-electron chi connectivity index (χ4n) is 4.40. The highest BCUT2D eigenvalue weighted by Crippen LogP contribution is 2.32. The van der Waals surface area contributed by atoms with Crippen molar-refractivity contribution in [1.29, 1.82) is 0 Å². The molecule has 0 radical (unpaired) electrons. The highest BCUT2D eigenvalue weighted by molar-refractivity contribution is 5.96. The lowest BCUT2D eigenvalue weighted by Gasteiger charge is -2.28. The highest BCUT2D eigenvalue weighted by Gasteiger charge is 2.30. The van der Waals surface area contributed by atoms with Crippen LogP contribution in [-0.2, 0) is 37.8 Å². The second-order valence-corrected chi connectivity index (χ2v) is 7.71. The zero-order valence-corrected chi connectivity index (χ0v) is 16.8. The van der Waals surface area contributed by atoms with Gasteiger partial charge >= 0.3 is 0 Å². The molecule has 2 aliphatic heterocycles. The molecule has 0 unspecified atom stereocenters. The van der Waals surface area contributed by atoms with E-state index >= 15 is 0 Å². The minimum Gasteiger partial charge on any atom is -0.375 e. The van der Waals surface area contributed by atoms with Crippen LogP contribution in [-0.4, -0.2) is 38.7 Å². The van der Waals surface area contributed by atoms with E-state index in [1.807, 2.05) is 0 Å². The van der Waals surface area contributed by atoms with E-state index in [2.05, 4.69) is 10.1 Å². The van der Waals surface area contributed by atoms with Crippen LogP contribution in [0.1, 0.15) is 32.9 Å². The van der Waals surface area contributed by atoms with E-state index in [0.29, 0.717) is 49.6 Å². The molecular weight excluding hydrogens is 409 g/mol. The molecule has 0 fully saturated rings. The van der Waals surface area contributed by atoms with Crippen LogP contribution in [0, 0.1) is 17.5 Å². The van der Waals surface area contributed by atoms with E-state index in [1.54, 1.807) is 24.2 Å². The largest absolute Gasteiger partial charge is 0.375 e. The summed E-state index contributed by atoms with van der Waals surface area (Å²) in [4.78, 5) is 19.3. The highest BCUT2D eigenvalue weighted by atomic mass is 19.2. The van der Waals surface area contributed by atoms with Crippen LogP contribution in [0.2, 0.25) is 0 Å². The number of hydrogen-bond donors (Lipinski definition) is 0. The number of nitrogens with zero attached hydrogens (tertiary/aromatic N) is 4. The van der Waals surface area contributed by atoms with Crippen molar-refractivity contribution >= 4 is 5.91 Å². The van der Waals surface area contributed by atoms with Crippen molar-refractivity contribution in [3.8, 4) is 11.3 Å². The quantitative estimate of drug-likeness (QED) is 0.589. The van der Waals surface area contributed by atoms with Gasteiger partial charge in [-0.15, -0.1) is 0 Å². The molecule has 1 aromatic carbocycles. The Kier molecular flexibility index (Phi) is 4.77. The fraction of sp³-hybridized carbons (Fsp3) is 0.318. The van der Waals surface area contributed by atoms with E-state index in [0.717, 1.165) is 29.0 Å². The maximum Gasteiger partial charge on any atom is 0.254 e. The number of aryl methyl sites for hydroxylation is 1. The van der Waals surface area contributed by atoms with Crippen LogP contribution in [0.4, 0.5) is 13.2 Å². The molecule has 0 atom stereocenters. The van der Waals surface area contributed by atoms with E-state index < -0.39 is 17.5 Å². The topological polar surface area (TPSA) is 60.2 Å². The van der Waals surface area contributed by atoms with Gasteiger partial charge in [0.2, 0.25) is 0 Å². The summed E-state index contributed by atoms with van der Waals surface area (Å²) in [7, 11) is 1.66. The van der Waals surface area contributed by atoms with Gasteiger partial charge in [-0.3, -0.25) is 14.5 Å². The average molecular weight is 428 g/mol. The van der Waals surface area contributed by atoms with Gasteiger partial charge in [0, 0.05) is 36.5 Å². The van der Waals surface area contributed by atoms with Crippen LogP contribution in [0.25, 0.3) is 11.3 Å². The number of carbonyl (C=O) groups excluding carboxylic acids is 1. The molecule has 9 heteroatoms. The van der Waals surface area contributed by atoms with E-state index in [1.165, 1.54) is 4.68 Å². The van der Waals surface area contributed by atoms with Crippen molar-refractivity contribution in [3.05, 3.63) is 69.9 Å². The van der Waals surface area contributed by atoms with Gasteiger partial charge in [-0.25, -0.2) is 13.2 Å². The number of pyridine rings is 1. The maximum absolute atomic E-state index is 13.8. The molecule has 0 saturated carbocycles. The predicted octanol–water partition coefficient (Wildman–Crippen LogP) is 3.17. The summed E-state index contributed by atoms with van der Waals surface area (Å²) in [6.45, 7) is 1.67. The molecule has 31 heavy (non-hydrogen) atoms. The summed E-state index contributed by atoms with van der Waals surface area (Å²) in [6, 6.07) is 3.67. The van der Waals surface area contributed by atoms with Crippen molar-refractivity contribution in [2.45, 2.75) is 26.0 Å². The lowest BCUT2D eigenvalue weighted by Crippen LogP contribution is -2.37. The molecule has 3 aromatic rings. The molecule has 0 N–H and O–H groups in total. The first-order chi connectivity index (χ1) is 14.9. The Morgan fingerprint density at radius 1 is 1.10 bits per heavy atom. The number of halogens is 3. The zero-order chi connectivity index (χ0) is 21.7. The second kappa shape index (κ2) is 7.49. The van der Waals surface area contributed by atoms with Crippen molar-refractivity contribution in [2.24, 2.45) is 7.05 Å². The number of rotatable bonds is 2. The van der Waals surface area contributed by atoms with Crippen LogP contribution >= 0.6 is 0 Å². The van der Waals surface area contributed by atoms with E-state index in [-0.39, 0.29) is 18.0 Å². The summed E-state index contributed by atoms with van der Waals surface area (Å²) >= 11 is 0. The Morgan fingerprint density at radius 3 is 2.65 bits per heavy atom. The fourth-order valence-corrected chi connectivity index (χ4v) is 4.40. The van der Waals surface area contributed by atoms with Crippen molar-refractivity contribution in [2.75, 3.05) is 13.2 Å². The van der Waals surface area contributed by atoms with Crippen molar-refractivity contribution in [1.82, 2.24) is 19.7 Å². The molecule has 0 spiro atoms. The summed E-state index contributed by atoms with van der Waals surface area (Å²) in [5.41, 5.74) is 4.54. The van der Waals surface area contributed by atoms with Gasteiger partial charge in [0.05, 0.1) is 36.8 Å². The van der Waals surface area contributed by atoms with Crippen molar-refractivity contribution in [3.63, 3.8) is 0 Å². The van der Waals surface area contributed by atoms with Gasteiger partial charge in [0.1, 0.15) is 0 Å². The average Bonchev–Trinajstić information content (AvgIpc) is 3.11. The van der Waals surface area contributed by atoms with Gasteiger partial charge < -0.3 is 9.64 Å². The lowest BCUT2D eigenvalue weighted by molar-refractivity contribution is 0.0724. The smallest absolute Gasteiger partial charge is 0.254 e. The van der Waals surface area contributed by atoms with Crippen LogP contribution in [0.15, 0.2) is 24.4 Å². The monoisotopic (exact) mass is 428 g/mol. The molecule has 160 valence electrons. The third-order valence-electron chi connectivity index (χ3n) is 5.86. The van der Waals surface area contributed by atoms with E-state index in [4.69, 9.17) is 4.74 Å². The Balaban J connectivity index is 1.46. The Labute approximate surface area is 176 Å². The Bertz CT molecular complexity index is 1180. The number of ether oxygens (including phenoxy) is 1. The van der Waals surface area contributed by atoms with Crippen LogP contribution in [0.5, 0.6) is 0 Å². The molecule has 2 aliphatic rings. The molecule has 1 amide bonds. The minimum absolute atomic E-state index is 0.0997. The Morgan fingerprint density at radius 2 is 1.87 bits per heavy atom. The molecule has 2 aromatic heterocycles. The minimum atomic E-state index is -1.50. The van der Waals surface area contributed by atoms with Crippen LogP contribution in [0.3, 0.4) is 0 Å². The number of fused-ring (bicyclic) bond motifs is 2. The lowest BCUT2D eigenvalue weighted by atomic mass is 9.97. The number of benzene rings is 1. The van der Waals surface area contributed by atoms with Gasteiger partial charge in [-0.2, -0.15) is 5.10 Å². The van der Waals surface area contributed by atoms with Gasteiger partial charge in [-0.05, 0) is 36.6 Å². The van der Waals surface area contributed by atoms with Crippen molar-refractivity contribution < 1.29 is 22.7 Å². The first-order valence-electron chi connectivity index (χ1n) is 9.97. The first-order valence-corrected chi connectivity index (χ1v) is 9.97. The maximum atomic E-state index is 13.8.